The van der Waals surface area contributed by atoms with Crippen molar-refractivity contribution in [2.24, 2.45) is 0 Å². The second-order valence-electron chi connectivity index (χ2n) is 10.0. The van der Waals surface area contributed by atoms with E-state index in [9.17, 15) is 14.4 Å². The summed E-state index contributed by atoms with van der Waals surface area (Å²) in [5, 5.41) is 8.82. The van der Waals surface area contributed by atoms with Crippen LogP contribution in [-0.4, -0.2) is 78.3 Å². The molecule has 192 valence electrons. The number of amides is 3. The third-order valence-corrected chi connectivity index (χ3v) is 5.93. The Morgan fingerprint density at radius 1 is 1.14 bits per heavy atom. The van der Waals surface area contributed by atoms with Gasteiger partial charge < -0.3 is 30.3 Å². The number of hydrogen-bond acceptors (Lipinski definition) is 7. The molecule has 4 rings (SSSR count). The van der Waals surface area contributed by atoms with Crippen LogP contribution in [0.4, 0.5) is 4.79 Å². The van der Waals surface area contributed by atoms with Gasteiger partial charge >= 0.3 is 6.09 Å². The Morgan fingerprint density at radius 2 is 1.94 bits per heavy atom. The molecule has 3 N–H and O–H groups in total. The van der Waals surface area contributed by atoms with Crippen LogP contribution >= 0.6 is 0 Å². The minimum absolute atomic E-state index is 0.0997. The zero-order valence-electron chi connectivity index (χ0n) is 20.9. The molecule has 0 saturated carbocycles. The van der Waals surface area contributed by atoms with E-state index in [1.807, 2.05) is 24.3 Å². The maximum absolute atomic E-state index is 13.0. The fraction of sp³-hybridized carbons (Fsp3) is 0.462. The number of carbonyl (C=O) groups excluding carboxylic acids is 3. The zero-order chi connectivity index (χ0) is 25.7. The van der Waals surface area contributed by atoms with Crippen LogP contribution in [0.1, 0.15) is 37.6 Å². The number of nitrogens with zero attached hydrogens (tertiary/aromatic N) is 2. The Hall–Kier alpha value is -3.66. The molecule has 10 nitrogen and oxygen atoms in total. The number of pyridine rings is 1. The number of aromatic nitrogens is 1. The van der Waals surface area contributed by atoms with Crippen molar-refractivity contribution in [3.05, 3.63) is 48.3 Å². The number of fused-ring (bicyclic) bond motifs is 6. The Bertz CT molecular complexity index is 1120. The smallest absolute Gasteiger partial charge is 0.407 e. The molecular formula is C26H33N5O5. The van der Waals surface area contributed by atoms with Gasteiger partial charge in [0, 0.05) is 37.6 Å². The van der Waals surface area contributed by atoms with Crippen molar-refractivity contribution in [2.45, 2.75) is 44.9 Å². The lowest BCUT2D eigenvalue weighted by Crippen LogP contribution is -2.45. The van der Waals surface area contributed by atoms with Crippen molar-refractivity contribution in [3.63, 3.8) is 0 Å². The normalized spacial score (nSPS) is 21.0. The Balaban J connectivity index is 1.53. The van der Waals surface area contributed by atoms with Crippen LogP contribution in [0.15, 0.2) is 42.7 Å². The highest BCUT2D eigenvalue weighted by Gasteiger charge is 2.37. The van der Waals surface area contributed by atoms with Crippen molar-refractivity contribution in [3.8, 4) is 16.9 Å². The number of carbonyl (C=O) groups is 3. The number of alkyl carbamates (subject to hydrolysis) is 1. The van der Waals surface area contributed by atoms with Gasteiger partial charge in [0.15, 0.2) is 0 Å². The summed E-state index contributed by atoms with van der Waals surface area (Å²) in [5.41, 5.74) is 1.52. The minimum atomic E-state index is -0.608. The van der Waals surface area contributed by atoms with Gasteiger partial charge in [-0.25, -0.2) is 4.79 Å². The van der Waals surface area contributed by atoms with Crippen LogP contribution in [0.5, 0.6) is 5.75 Å². The predicted octanol–water partition coefficient (Wildman–Crippen LogP) is 1.95. The third kappa shape index (κ3) is 6.72. The van der Waals surface area contributed by atoms with Gasteiger partial charge in [-0.05, 0) is 51.0 Å². The average molecular weight is 496 g/mol. The van der Waals surface area contributed by atoms with E-state index in [1.54, 1.807) is 37.9 Å². The van der Waals surface area contributed by atoms with E-state index in [4.69, 9.17) is 9.47 Å². The van der Waals surface area contributed by atoms with E-state index in [1.165, 1.54) is 6.20 Å². The van der Waals surface area contributed by atoms with Crippen LogP contribution in [-0.2, 0) is 9.53 Å². The summed E-state index contributed by atoms with van der Waals surface area (Å²) in [5.74, 6) is 0.308. The first kappa shape index (κ1) is 25.4. The first-order valence-electron chi connectivity index (χ1n) is 12.1. The van der Waals surface area contributed by atoms with Gasteiger partial charge in [-0.1, -0.05) is 12.1 Å². The molecule has 0 radical (unpaired) electrons. The molecule has 0 spiro atoms. The molecule has 1 aromatic carbocycles. The summed E-state index contributed by atoms with van der Waals surface area (Å²) >= 11 is 0. The summed E-state index contributed by atoms with van der Waals surface area (Å²) < 4.78 is 11.5. The third-order valence-electron chi connectivity index (χ3n) is 5.93. The molecule has 1 aromatic heterocycles. The molecule has 2 aliphatic heterocycles. The maximum Gasteiger partial charge on any atom is 0.407 e. The van der Waals surface area contributed by atoms with E-state index >= 15 is 0 Å². The van der Waals surface area contributed by atoms with Gasteiger partial charge in [0.1, 0.15) is 18.0 Å². The Labute approximate surface area is 210 Å². The molecular weight excluding hydrogens is 462 g/mol. The lowest BCUT2D eigenvalue weighted by molar-refractivity contribution is -0.131. The lowest BCUT2D eigenvalue weighted by Gasteiger charge is -2.25. The topological polar surface area (TPSA) is 122 Å². The van der Waals surface area contributed by atoms with Crippen LogP contribution in [0.25, 0.3) is 11.1 Å². The number of nitrogens with one attached hydrogen (secondary N) is 3. The average Bonchev–Trinajstić information content (AvgIpc) is 3.23. The number of benzene rings is 1. The summed E-state index contributed by atoms with van der Waals surface area (Å²) in [6.45, 7) is 6.96. The molecule has 10 heteroatoms. The standard InChI is InChI=1S/C26H33N5O5/c1-26(2,3)36-25(34)30-20-11-21-16-35-22-6-4-5-17(10-22)18-9-19(13-28-12-18)24(33)29-8-7-27-14-23(32)31(21)15-20/h4-6,9-10,12-13,20-21,27H,7-8,11,14-16H2,1-3H3,(H,29,33)(H,30,34). The number of ether oxygens (including phenoxy) is 2. The predicted molar refractivity (Wildman–Crippen MR) is 134 cm³/mol. The molecule has 2 aliphatic rings. The van der Waals surface area contributed by atoms with Crippen molar-refractivity contribution in [1.82, 2.24) is 25.8 Å². The van der Waals surface area contributed by atoms with Crippen molar-refractivity contribution in [2.75, 3.05) is 32.8 Å². The van der Waals surface area contributed by atoms with Gasteiger partial charge in [-0.3, -0.25) is 14.6 Å². The molecule has 2 unspecified atom stereocenters. The molecule has 1 fully saturated rings. The lowest BCUT2D eigenvalue weighted by atomic mass is 10.1. The van der Waals surface area contributed by atoms with Gasteiger partial charge in [-0.2, -0.15) is 0 Å². The highest BCUT2D eigenvalue weighted by molar-refractivity contribution is 5.95. The van der Waals surface area contributed by atoms with E-state index in [-0.39, 0.29) is 37.0 Å². The summed E-state index contributed by atoms with van der Waals surface area (Å²) in [7, 11) is 0. The summed E-state index contributed by atoms with van der Waals surface area (Å²) in [6, 6.07) is 8.86. The Morgan fingerprint density at radius 3 is 2.75 bits per heavy atom. The van der Waals surface area contributed by atoms with Gasteiger partial charge in [0.2, 0.25) is 5.91 Å². The van der Waals surface area contributed by atoms with Gasteiger partial charge in [-0.15, -0.1) is 0 Å². The molecule has 4 bridgehead atoms. The van der Waals surface area contributed by atoms with Gasteiger partial charge in [0.05, 0.1) is 24.2 Å². The molecule has 2 atom stereocenters. The van der Waals surface area contributed by atoms with Crippen LogP contribution in [0.3, 0.4) is 0 Å². The first-order chi connectivity index (χ1) is 17.2. The van der Waals surface area contributed by atoms with E-state index in [0.29, 0.717) is 37.4 Å². The highest BCUT2D eigenvalue weighted by Crippen LogP contribution is 2.26. The first-order valence-corrected chi connectivity index (χ1v) is 12.1. The summed E-state index contributed by atoms with van der Waals surface area (Å²) in [4.78, 5) is 43.9. The van der Waals surface area contributed by atoms with Crippen LogP contribution in [0.2, 0.25) is 0 Å². The number of rotatable bonds is 1. The van der Waals surface area contributed by atoms with Crippen molar-refractivity contribution >= 4 is 17.9 Å². The number of hydrogen-bond donors (Lipinski definition) is 3. The van der Waals surface area contributed by atoms with Crippen LogP contribution in [0, 0.1) is 0 Å². The molecule has 1 saturated heterocycles. The maximum atomic E-state index is 13.0. The monoisotopic (exact) mass is 495 g/mol. The molecule has 3 heterocycles. The van der Waals surface area contributed by atoms with E-state index < -0.39 is 11.7 Å². The molecule has 0 aliphatic carbocycles. The molecule has 2 aromatic rings. The van der Waals surface area contributed by atoms with Crippen molar-refractivity contribution in [1.29, 1.82) is 0 Å². The van der Waals surface area contributed by atoms with Gasteiger partial charge in [0.25, 0.3) is 5.91 Å². The SMILES string of the molecule is CC(C)(C)OC(=O)NC1CC2COc3cccc(c3)-c3cncc(c3)C(=O)NCCNCC(=O)N2C1. The van der Waals surface area contributed by atoms with Crippen molar-refractivity contribution < 1.29 is 23.9 Å². The minimum Gasteiger partial charge on any atom is -0.491 e. The largest absolute Gasteiger partial charge is 0.491 e. The Kier molecular flexibility index (Phi) is 7.73. The second kappa shape index (κ2) is 10.9. The highest BCUT2D eigenvalue weighted by atomic mass is 16.6. The quantitative estimate of drug-likeness (QED) is 0.553. The molecule has 36 heavy (non-hydrogen) atoms. The second-order valence-corrected chi connectivity index (χ2v) is 10.0. The van der Waals surface area contributed by atoms with E-state index in [2.05, 4.69) is 20.9 Å². The van der Waals surface area contributed by atoms with E-state index in [0.717, 1.165) is 11.1 Å². The molecule has 3 amide bonds. The van der Waals surface area contributed by atoms with Crippen LogP contribution < -0.4 is 20.7 Å². The fourth-order valence-electron chi connectivity index (χ4n) is 4.30. The summed E-state index contributed by atoms with van der Waals surface area (Å²) in [6.07, 6.45) is 3.27. The fourth-order valence-corrected chi connectivity index (χ4v) is 4.30. The zero-order valence-corrected chi connectivity index (χ0v) is 20.9.